The lowest BCUT2D eigenvalue weighted by Gasteiger charge is -2.10. The third-order valence-corrected chi connectivity index (χ3v) is 3.65. The van der Waals surface area contributed by atoms with E-state index in [1.54, 1.807) is 24.5 Å². The molecule has 2 rings (SSSR count). The molecule has 8 heteroatoms. The van der Waals surface area contributed by atoms with Gasteiger partial charge in [0, 0.05) is 29.1 Å². The Kier molecular flexibility index (Phi) is 5.35. The van der Waals surface area contributed by atoms with Gasteiger partial charge in [0.2, 0.25) is 0 Å². The first-order valence-corrected chi connectivity index (χ1v) is 7.20. The maximum atomic E-state index is 14.1. The minimum atomic E-state index is -0.724. The number of rotatable bonds is 5. The lowest BCUT2D eigenvalue weighted by atomic mass is 10.3. The molecule has 0 radical (unpaired) electrons. The Bertz CT molecular complexity index is 699. The van der Waals surface area contributed by atoms with Crippen molar-refractivity contribution in [2.45, 2.75) is 9.79 Å². The second-order valence-corrected chi connectivity index (χ2v) is 5.62. The van der Waals surface area contributed by atoms with Gasteiger partial charge < -0.3 is 11.1 Å². The molecule has 0 amide bonds. The minimum absolute atomic E-state index is 0.00772. The van der Waals surface area contributed by atoms with Gasteiger partial charge in [-0.2, -0.15) is 0 Å². The van der Waals surface area contributed by atoms with Gasteiger partial charge in [-0.15, -0.1) is 0 Å². The molecule has 0 saturated carbocycles. The largest absolute Gasteiger partial charge is 0.385 e. The number of nitrogens with zero attached hydrogens (tertiary/aromatic N) is 1. The van der Waals surface area contributed by atoms with Crippen molar-refractivity contribution in [1.29, 1.82) is 5.41 Å². The smallest absolute Gasteiger partial charge is 0.142 e. The van der Waals surface area contributed by atoms with E-state index in [1.807, 2.05) is 0 Å². The van der Waals surface area contributed by atoms with Gasteiger partial charge in [-0.05, 0) is 24.3 Å². The predicted octanol–water partition coefficient (Wildman–Crippen LogP) is 3.94. The molecule has 0 unspecified atom stereocenters. The Morgan fingerprint density at radius 1 is 1.27 bits per heavy atom. The number of allylic oxidation sites excluding steroid dienone is 1. The van der Waals surface area contributed by atoms with E-state index < -0.39 is 11.6 Å². The van der Waals surface area contributed by atoms with Crippen LogP contribution < -0.4 is 11.1 Å². The van der Waals surface area contributed by atoms with Crippen LogP contribution in [0.2, 0.25) is 0 Å². The van der Waals surface area contributed by atoms with Crippen LogP contribution in [0.25, 0.3) is 0 Å². The van der Waals surface area contributed by atoms with E-state index in [0.717, 1.165) is 30.0 Å². The summed E-state index contributed by atoms with van der Waals surface area (Å²) in [6.07, 6.45) is 4.21. The number of halogens is 3. The third kappa shape index (κ3) is 4.44. The quantitative estimate of drug-likeness (QED) is 0.721. The minimum Gasteiger partial charge on any atom is -0.385 e. The lowest BCUT2D eigenvalue weighted by Crippen LogP contribution is -2.10. The van der Waals surface area contributed by atoms with Crippen LogP contribution in [0.3, 0.4) is 0 Å². The number of hydrogen-bond acceptors (Lipinski definition) is 5. The molecule has 0 fully saturated rings. The van der Waals surface area contributed by atoms with Crippen LogP contribution in [0, 0.1) is 17.0 Å². The number of nitrogens with two attached hydrogens (primary N) is 1. The van der Waals surface area contributed by atoms with Gasteiger partial charge in [0.1, 0.15) is 22.6 Å². The molecule has 0 aliphatic carbocycles. The van der Waals surface area contributed by atoms with Crippen molar-refractivity contribution in [1.82, 2.24) is 4.98 Å². The molecular formula is C14H11ClF2N4S. The zero-order chi connectivity index (χ0) is 16.1. The first-order chi connectivity index (χ1) is 10.5. The lowest BCUT2D eigenvalue weighted by molar-refractivity contribution is 0.541. The molecule has 2 aromatic rings. The first kappa shape index (κ1) is 16.3. The van der Waals surface area contributed by atoms with Crippen LogP contribution in [0.5, 0.6) is 0 Å². The summed E-state index contributed by atoms with van der Waals surface area (Å²) >= 11 is 6.31. The van der Waals surface area contributed by atoms with E-state index >= 15 is 0 Å². The molecule has 0 saturated heterocycles. The summed E-state index contributed by atoms with van der Waals surface area (Å²) in [5.74, 6) is -1.44. The van der Waals surface area contributed by atoms with Gasteiger partial charge in [0.05, 0.1) is 4.90 Å². The Morgan fingerprint density at radius 3 is 2.41 bits per heavy atom. The van der Waals surface area contributed by atoms with E-state index in [1.165, 1.54) is 0 Å². The molecule has 4 N–H and O–H groups in total. The monoisotopic (exact) mass is 340 g/mol. The van der Waals surface area contributed by atoms with Crippen LogP contribution in [0.1, 0.15) is 0 Å². The van der Waals surface area contributed by atoms with E-state index in [9.17, 15) is 8.78 Å². The number of aromatic nitrogens is 1. The first-order valence-electron chi connectivity index (χ1n) is 6.01. The number of hydrogen-bond donors (Lipinski definition) is 3. The Hall–Kier alpha value is -2.12. The van der Waals surface area contributed by atoms with Crippen molar-refractivity contribution in [3.05, 3.63) is 60.2 Å². The average Bonchev–Trinajstić information content (AvgIpc) is 2.43. The zero-order valence-corrected chi connectivity index (χ0v) is 12.7. The second-order valence-electron chi connectivity index (χ2n) is 4.13. The molecule has 0 atom stereocenters. The fraction of sp³-hybridized carbons (Fsp3) is 0. The number of benzene rings is 1. The maximum absolute atomic E-state index is 14.1. The molecule has 1 aromatic carbocycles. The Balaban J connectivity index is 2.23. The van der Waals surface area contributed by atoms with E-state index in [0.29, 0.717) is 4.90 Å². The van der Waals surface area contributed by atoms with Crippen LogP contribution in [-0.4, -0.2) is 10.2 Å². The zero-order valence-electron chi connectivity index (χ0n) is 11.1. The van der Waals surface area contributed by atoms with E-state index in [-0.39, 0.29) is 21.6 Å². The highest BCUT2D eigenvalue weighted by molar-refractivity contribution is 7.99. The van der Waals surface area contributed by atoms with Crippen molar-refractivity contribution >= 4 is 34.2 Å². The van der Waals surface area contributed by atoms with Gasteiger partial charge >= 0.3 is 0 Å². The number of anilines is 1. The van der Waals surface area contributed by atoms with Crippen molar-refractivity contribution in [2.24, 2.45) is 5.73 Å². The summed E-state index contributed by atoms with van der Waals surface area (Å²) in [5, 5.41) is 9.31. The molecule has 0 bridgehead atoms. The summed E-state index contributed by atoms with van der Waals surface area (Å²) < 4.78 is 28.1. The van der Waals surface area contributed by atoms with E-state index in [2.05, 4.69) is 10.3 Å². The molecular weight excluding hydrogens is 330 g/mol. The SMILES string of the molecule is N=C(Cl)/C=C(\N)Nc1cc(F)c(Sc2ccncc2)c(F)c1. The molecule has 22 heavy (non-hydrogen) atoms. The second kappa shape index (κ2) is 7.24. The third-order valence-electron chi connectivity index (χ3n) is 2.44. The van der Waals surface area contributed by atoms with Crippen LogP contribution in [0.15, 0.2) is 58.3 Å². The van der Waals surface area contributed by atoms with Gasteiger partial charge in [-0.25, -0.2) is 8.78 Å². The maximum Gasteiger partial charge on any atom is 0.142 e. The van der Waals surface area contributed by atoms with Crippen molar-refractivity contribution in [3.63, 3.8) is 0 Å². The van der Waals surface area contributed by atoms with Crippen molar-refractivity contribution < 1.29 is 8.78 Å². The van der Waals surface area contributed by atoms with Crippen LogP contribution in [-0.2, 0) is 0 Å². The number of nitrogens with one attached hydrogen (secondary N) is 2. The highest BCUT2D eigenvalue weighted by atomic mass is 35.5. The average molecular weight is 341 g/mol. The van der Waals surface area contributed by atoms with E-state index in [4.69, 9.17) is 22.7 Å². The van der Waals surface area contributed by atoms with Crippen molar-refractivity contribution in [2.75, 3.05) is 5.32 Å². The Labute approximate surface area is 134 Å². The molecule has 4 nitrogen and oxygen atoms in total. The van der Waals surface area contributed by atoms with Gasteiger partial charge in [0.15, 0.2) is 0 Å². The number of pyridine rings is 1. The molecule has 0 aliphatic heterocycles. The molecule has 114 valence electrons. The van der Waals surface area contributed by atoms with Crippen LogP contribution >= 0.6 is 23.4 Å². The summed E-state index contributed by atoms with van der Waals surface area (Å²) in [4.78, 5) is 4.39. The summed E-state index contributed by atoms with van der Waals surface area (Å²) in [6.45, 7) is 0. The normalized spacial score (nSPS) is 11.3. The summed E-state index contributed by atoms with van der Waals surface area (Å²) in [7, 11) is 0. The highest BCUT2D eigenvalue weighted by Gasteiger charge is 2.13. The molecule has 1 aromatic heterocycles. The standard InChI is InChI=1S/C14H11ClF2N4S/c15-12(18)7-13(19)21-8-5-10(16)14(11(17)6-8)22-9-1-3-20-4-2-9/h1-7,18,21H,19H2/b13-7+,18-12?. The Morgan fingerprint density at radius 2 is 1.86 bits per heavy atom. The molecule has 0 spiro atoms. The van der Waals surface area contributed by atoms with Crippen LogP contribution in [0.4, 0.5) is 14.5 Å². The fourth-order valence-corrected chi connectivity index (χ4v) is 2.52. The highest BCUT2D eigenvalue weighted by Crippen LogP contribution is 2.33. The predicted molar refractivity (Wildman–Crippen MR) is 84.2 cm³/mol. The topological polar surface area (TPSA) is 74.8 Å². The molecule has 1 heterocycles. The fourth-order valence-electron chi connectivity index (χ4n) is 1.59. The summed E-state index contributed by atoms with van der Waals surface area (Å²) in [6, 6.07) is 5.54. The summed E-state index contributed by atoms with van der Waals surface area (Å²) in [5.41, 5.74) is 5.66. The van der Waals surface area contributed by atoms with Gasteiger partial charge in [0.25, 0.3) is 0 Å². The molecule has 0 aliphatic rings. The van der Waals surface area contributed by atoms with Crippen molar-refractivity contribution in [3.8, 4) is 0 Å². The van der Waals surface area contributed by atoms with Gasteiger partial charge in [-0.3, -0.25) is 10.4 Å². The van der Waals surface area contributed by atoms with Gasteiger partial charge in [-0.1, -0.05) is 23.4 Å².